The van der Waals surface area contributed by atoms with Crippen molar-refractivity contribution in [1.29, 1.82) is 0 Å². The van der Waals surface area contributed by atoms with Gasteiger partial charge in [0.2, 0.25) is 0 Å². The fourth-order valence-electron chi connectivity index (χ4n) is 2.64. The third-order valence-corrected chi connectivity index (χ3v) is 3.99. The number of anilines is 1. The van der Waals surface area contributed by atoms with Gasteiger partial charge in [0.25, 0.3) is 0 Å². The summed E-state index contributed by atoms with van der Waals surface area (Å²) in [4.78, 5) is 28.2. The molecule has 0 aliphatic rings. The lowest BCUT2D eigenvalue weighted by Crippen LogP contribution is -2.09. The number of carbonyl (C=O) groups is 2. The quantitative estimate of drug-likeness (QED) is 0.707. The van der Waals surface area contributed by atoms with Crippen LogP contribution in [0.2, 0.25) is 0 Å². The highest BCUT2D eigenvalue weighted by atomic mass is 16.4. The van der Waals surface area contributed by atoms with Crippen LogP contribution in [-0.4, -0.2) is 35.9 Å². The van der Waals surface area contributed by atoms with Gasteiger partial charge in [-0.25, -0.2) is 4.79 Å². The Hall–Kier alpha value is -3.08. The molecule has 0 amide bonds. The van der Waals surface area contributed by atoms with E-state index in [1.807, 2.05) is 55.4 Å². The zero-order chi connectivity index (χ0) is 17.3. The third-order valence-electron chi connectivity index (χ3n) is 3.99. The van der Waals surface area contributed by atoms with Gasteiger partial charge in [-0.2, -0.15) is 0 Å². The van der Waals surface area contributed by atoms with E-state index < -0.39 is 5.97 Å². The number of ketones is 1. The number of benzene rings is 2. The number of nitrogens with one attached hydrogen (secondary N) is 1. The minimum absolute atomic E-state index is 0.0358. The maximum absolute atomic E-state index is 12.4. The molecule has 0 spiro atoms. The zero-order valence-electron chi connectivity index (χ0n) is 13.5. The van der Waals surface area contributed by atoms with Crippen molar-refractivity contribution in [2.24, 2.45) is 0 Å². The number of rotatable bonds is 5. The zero-order valence-corrected chi connectivity index (χ0v) is 13.5. The molecular formula is C19H18N2O3. The summed E-state index contributed by atoms with van der Waals surface area (Å²) in [5.41, 5.74) is 3.47. The Morgan fingerprint density at radius 1 is 1.04 bits per heavy atom. The second-order valence-corrected chi connectivity index (χ2v) is 5.95. The number of aromatic amines is 1. The third kappa shape index (κ3) is 3.15. The number of Topliss-reactive ketones (excluding diaryl/α,β-unsaturated/α-hetero) is 1. The molecule has 0 saturated carbocycles. The Morgan fingerprint density at radius 2 is 1.75 bits per heavy atom. The second kappa shape index (κ2) is 6.20. The normalized spacial score (nSPS) is 10.8. The van der Waals surface area contributed by atoms with Crippen LogP contribution in [0.15, 0.2) is 48.5 Å². The largest absolute Gasteiger partial charge is 0.477 e. The summed E-state index contributed by atoms with van der Waals surface area (Å²) >= 11 is 0. The predicted octanol–water partition coefficient (Wildman–Crippen LogP) is 3.36. The number of aromatic nitrogens is 1. The molecule has 0 atom stereocenters. The number of hydrogen-bond acceptors (Lipinski definition) is 3. The monoisotopic (exact) mass is 322 g/mol. The maximum Gasteiger partial charge on any atom is 0.352 e. The van der Waals surface area contributed by atoms with Gasteiger partial charge in [0, 0.05) is 42.7 Å². The molecule has 5 nitrogen and oxygen atoms in total. The van der Waals surface area contributed by atoms with Crippen LogP contribution in [0.1, 0.15) is 26.4 Å². The molecule has 0 aliphatic carbocycles. The molecule has 3 aromatic rings. The fraction of sp³-hybridized carbons (Fsp3) is 0.158. The van der Waals surface area contributed by atoms with Crippen molar-refractivity contribution in [1.82, 2.24) is 4.98 Å². The average Bonchev–Trinajstić information content (AvgIpc) is 2.98. The molecular weight excluding hydrogens is 304 g/mol. The molecule has 5 heteroatoms. The van der Waals surface area contributed by atoms with Gasteiger partial charge in [0.15, 0.2) is 5.78 Å². The number of carboxylic acids is 1. The van der Waals surface area contributed by atoms with E-state index in [0.29, 0.717) is 5.56 Å². The molecule has 24 heavy (non-hydrogen) atoms. The molecule has 0 radical (unpaired) electrons. The van der Waals surface area contributed by atoms with Crippen LogP contribution in [0.4, 0.5) is 5.69 Å². The second-order valence-electron chi connectivity index (χ2n) is 5.95. The summed E-state index contributed by atoms with van der Waals surface area (Å²) in [5, 5.41) is 9.81. The molecule has 0 aliphatic heterocycles. The summed E-state index contributed by atoms with van der Waals surface area (Å²) in [6.07, 6.45) is 0.283. The SMILES string of the molecule is CN(C)c1ccc(C(=O)Cc2ccc3[nH]c(C(=O)O)cc3c2)cc1. The first-order chi connectivity index (χ1) is 11.4. The molecule has 0 fully saturated rings. The van der Waals surface area contributed by atoms with Crippen LogP contribution >= 0.6 is 0 Å². The van der Waals surface area contributed by atoms with Gasteiger partial charge in [0.05, 0.1) is 0 Å². The first-order valence-electron chi connectivity index (χ1n) is 7.59. The molecule has 122 valence electrons. The van der Waals surface area contributed by atoms with Crippen molar-refractivity contribution in [2.45, 2.75) is 6.42 Å². The smallest absolute Gasteiger partial charge is 0.352 e. The van der Waals surface area contributed by atoms with Crippen LogP contribution in [0.3, 0.4) is 0 Å². The first-order valence-corrected chi connectivity index (χ1v) is 7.59. The molecule has 0 bridgehead atoms. The number of fused-ring (bicyclic) bond motifs is 1. The Labute approximate surface area is 139 Å². The van der Waals surface area contributed by atoms with Gasteiger partial charge in [-0.1, -0.05) is 6.07 Å². The summed E-state index contributed by atoms with van der Waals surface area (Å²) < 4.78 is 0. The molecule has 1 heterocycles. The van der Waals surface area contributed by atoms with Gasteiger partial charge in [-0.3, -0.25) is 4.79 Å². The number of carbonyl (C=O) groups excluding carboxylic acids is 1. The number of carboxylic acid groups (broad SMARTS) is 1. The van der Waals surface area contributed by atoms with Crippen molar-refractivity contribution in [3.63, 3.8) is 0 Å². The highest BCUT2D eigenvalue weighted by molar-refractivity contribution is 5.99. The van der Waals surface area contributed by atoms with E-state index in [1.165, 1.54) is 0 Å². The fourth-order valence-corrected chi connectivity index (χ4v) is 2.64. The van der Waals surface area contributed by atoms with E-state index in [-0.39, 0.29) is 17.9 Å². The van der Waals surface area contributed by atoms with Crippen LogP contribution in [-0.2, 0) is 6.42 Å². The lowest BCUT2D eigenvalue weighted by Gasteiger charge is -2.12. The number of nitrogens with zero attached hydrogens (tertiary/aromatic N) is 1. The first kappa shape index (κ1) is 15.8. The average molecular weight is 322 g/mol. The minimum Gasteiger partial charge on any atom is -0.477 e. The summed E-state index contributed by atoms with van der Waals surface area (Å²) in [6, 6.07) is 14.6. The summed E-state index contributed by atoms with van der Waals surface area (Å²) in [6.45, 7) is 0. The number of H-pyrrole nitrogens is 1. The van der Waals surface area contributed by atoms with Crippen molar-refractivity contribution in [3.8, 4) is 0 Å². The van der Waals surface area contributed by atoms with E-state index in [1.54, 1.807) is 12.1 Å². The Bertz CT molecular complexity index is 908. The van der Waals surface area contributed by atoms with Crippen LogP contribution in [0.25, 0.3) is 10.9 Å². The van der Waals surface area contributed by atoms with E-state index in [4.69, 9.17) is 5.11 Å². The van der Waals surface area contributed by atoms with E-state index in [9.17, 15) is 9.59 Å². The molecule has 3 rings (SSSR count). The van der Waals surface area contributed by atoms with Crippen molar-refractivity contribution in [2.75, 3.05) is 19.0 Å². The van der Waals surface area contributed by atoms with Crippen molar-refractivity contribution < 1.29 is 14.7 Å². The highest BCUT2D eigenvalue weighted by Crippen LogP contribution is 2.19. The summed E-state index contributed by atoms with van der Waals surface area (Å²) in [7, 11) is 3.91. The van der Waals surface area contributed by atoms with Crippen LogP contribution in [0, 0.1) is 0 Å². The van der Waals surface area contributed by atoms with Gasteiger partial charge in [-0.05, 0) is 48.0 Å². The molecule has 0 saturated heterocycles. The number of aromatic carboxylic acids is 1. The number of hydrogen-bond donors (Lipinski definition) is 2. The van der Waals surface area contributed by atoms with E-state index >= 15 is 0 Å². The maximum atomic E-state index is 12.4. The van der Waals surface area contributed by atoms with Gasteiger partial charge >= 0.3 is 5.97 Å². The van der Waals surface area contributed by atoms with Crippen LogP contribution < -0.4 is 4.90 Å². The van der Waals surface area contributed by atoms with Gasteiger partial charge < -0.3 is 15.0 Å². The molecule has 0 unspecified atom stereocenters. The Morgan fingerprint density at radius 3 is 2.38 bits per heavy atom. The lowest BCUT2D eigenvalue weighted by atomic mass is 10.0. The molecule has 2 aromatic carbocycles. The Kier molecular flexibility index (Phi) is 4.08. The topological polar surface area (TPSA) is 73.4 Å². The van der Waals surface area contributed by atoms with Crippen LogP contribution in [0.5, 0.6) is 0 Å². The van der Waals surface area contributed by atoms with Gasteiger partial charge in [-0.15, -0.1) is 0 Å². The standard InChI is InChI=1S/C19H18N2O3/c1-21(2)15-6-4-13(5-7-15)18(22)10-12-3-8-16-14(9-12)11-17(20-16)19(23)24/h3-9,11,20H,10H2,1-2H3,(H,23,24). The minimum atomic E-state index is -0.996. The lowest BCUT2D eigenvalue weighted by molar-refractivity contribution is 0.0691. The summed E-state index contributed by atoms with van der Waals surface area (Å²) in [5.74, 6) is -0.960. The van der Waals surface area contributed by atoms with Crippen molar-refractivity contribution >= 4 is 28.3 Å². The van der Waals surface area contributed by atoms with E-state index in [0.717, 1.165) is 22.2 Å². The molecule has 1 aromatic heterocycles. The Balaban J connectivity index is 1.80. The van der Waals surface area contributed by atoms with Gasteiger partial charge in [0.1, 0.15) is 5.69 Å². The highest BCUT2D eigenvalue weighted by Gasteiger charge is 2.11. The van der Waals surface area contributed by atoms with E-state index in [2.05, 4.69) is 4.98 Å². The van der Waals surface area contributed by atoms with Crippen molar-refractivity contribution in [3.05, 3.63) is 65.4 Å². The predicted molar refractivity (Wildman–Crippen MR) is 94.1 cm³/mol. The molecule has 2 N–H and O–H groups in total.